The lowest BCUT2D eigenvalue weighted by Gasteiger charge is -2.09. The van der Waals surface area contributed by atoms with E-state index in [-0.39, 0.29) is 0 Å². The zero-order chi connectivity index (χ0) is 34.4. The molecule has 0 atom stereocenters. The van der Waals surface area contributed by atoms with E-state index in [1.807, 2.05) is 42.5 Å². The van der Waals surface area contributed by atoms with E-state index in [2.05, 4.69) is 132 Å². The molecule has 0 fully saturated rings. The van der Waals surface area contributed by atoms with Crippen LogP contribution in [0.4, 0.5) is 0 Å². The monoisotopic (exact) mass is 663 g/mol. The van der Waals surface area contributed by atoms with Crippen molar-refractivity contribution in [2.75, 3.05) is 0 Å². The minimum Gasteiger partial charge on any atom is -0.255 e. The predicted octanol–water partition coefficient (Wildman–Crippen LogP) is 11.6. The molecule has 5 aromatic heterocycles. The standard InChI is InChI=1S/C47H29N5/c1-2-6-30(7-3-1)40-22-18-34-14-15-35-19-23-41(52-47(35)46(34)51-40)32-11-9-31(10-12-32)39-25-21-38-28-36(20-24-42(38)49-39)37-16-13-33-17-26-44(50-45(33)29-37)43-8-4-5-27-48-43/h1-29H. The number of aromatic nitrogens is 5. The van der Waals surface area contributed by atoms with Crippen molar-refractivity contribution in [2.45, 2.75) is 0 Å². The highest BCUT2D eigenvalue weighted by Gasteiger charge is 2.11. The largest absolute Gasteiger partial charge is 0.255 e. The molecule has 242 valence electrons. The Kier molecular flexibility index (Phi) is 7.07. The number of rotatable bonds is 5. The molecule has 0 saturated heterocycles. The van der Waals surface area contributed by atoms with Gasteiger partial charge in [-0.15, -0.1) is 0 Å². The highest BCUT2D eigenvalue weighted by Crippen LogP contribution is 2.32. The van der Waals surface area contributed by atoms with Gasteiger partial charge in [-0.05, 0) is 65.7 Å². The summed E-state index contributed by atoms with van der Waals surface area (Å²) in [5.41, 5.74) is 13.7. The minimum atomic E-state index is 0.866. The molecule has 5 heteroatoms. The van der Waals surface area contributed by atoms with Gasteiger partial charge in [-0.25, -0.2) is 19.9 Å². The number of hydrogen-bond donors (Lipinski definition) is 0. The molecule has 10 rings (SSSR count). The third kappa shape index (κ3) is 5.42. The average molecular weight is 664 g/mol. The van der Waals surface area contributed by atoms with Crippen molar-refractivity contribution in [1.82, 2.24) is 24.9 Å². The molecule has 0 aliphatic carbocycles. The number of hydrogen-bond acceptors (Lipinski definition) is 5. The van der Waals surface area contributed by atoms with Gasteiger partial charge in [-0.2, -0.15) is 0 Å². The Hall–Kier alpha value is -7.11. The molecule has 0 spiro atoms. The molecule has 5 heterocycles. The molecular formula is C47H29N5. The van der Waals surface area contributed by atoms with Crippen molar-refractivity contribution in [3.8, 4) is 56.3 Å². The van der Waals surface area contributed by atoms with E-state index in [0.717, 1.165) is 99.9 Å². The summed E-state index contributed by atoms with van der Waals surface area (Å²) in [6.07, 6.45) is 1.80. The Bertz CT molecular complexity index is 2940. The third-order valence-electron chi connectivity index (χ3n) is 9.71. The summed E-state index contributed by atoms with van der Waals surface area (Å²) < 4.78 is 0. The van der Waals surface area contributed by atoms with Gasteiger partial charge in [-0.3, -0.25) is 4.98 Å². The average Bonchev–Trinajstić information content (AvgIpc) is 3.23. The lowest BCUT2D eigenvalue weighted by molar-refractivity contribution is 1.28. The first-order valence-electron chi connectivity index (χ1n) is 17.3. The van der Waals surface area contributed by atoms with Crippen LogP contribution in [0.5, 0.6) is 0 Å². The fourth-order valence-corrected chi connectivity index (χ4v) is 6.93. The topological polar surface area (TPSA) is 64.5 Å². The Balaban J connectivity index is 0.938. The van der Waals surface area contributed by atoms with Crippen LogP contribution in [0, 0.1) is 0 Å². The van der Waals surface area contributed by atoms with Crippen molar-refractivity contribution in [3.63, 3.8) is 0 Å². The van der Waals surface area contributed by atoms with E-state index >= 15 is 0 Å². The highest BCUT2D eigenvalue weighted by molar-refractivity contribution is 6.04. The second-order valence-corrected chi connectivity index (χ2v) is 13.0. The zero-order valence-corrected chi connectivity index (χ0v) is 28.0. The van der Waals surface area contributed by atoms with E-state index in [1.54, 1.807) is 6.20 Å². The van der Waals surface area contributed by atoms with Gasteiger partial charge in [-0.1, -0.05) is 115 Å². The molecule has 52 heavy (non-hydrogen) atoms. The summed E-state index contributed by atoms with van der Waals surface area (Å²) >= 11 is 0. The van der Waals surface area contributed by atoms with Crippen LogP contribution in [-0.2, 0) is 0 Å². The van der Waals surface area contributed by atoms with Crippen LogP contribution < -0.4 is 0 Å². The maximum Gasteiger partial charge on any atom is 0.0972 e. The molecule has 0 radical (unpaired) electrons. The first kappa shape index (κ1) is 29.8. The van der Waals surface area contributed by atoms with E-state index in [9.17, 15) is 0 Å². The van der Waals surface area contributed by atoms with Gasteiger partial charge < -0.3 is 0 Å². The van der Waals surface area contributed by atoms with Crippen molar-refractivity contribution < 1.29 is 0 Å². The summed E-state index contributed by atoms with van der Waals surface area (Å²) in [6.45, 7) is 0. The number of nitrogens with zero attached hydrogens (tertiary/aromatic N) is 5. The summed E-state index contributed by atoms with van der Waals surface area (Å²) in [7, 11) is 0. The fourth-order valence-electron chi connectivity index (χ4n) is 6.93. The van der Waals surface area contributed by atoms with Gasteiger partial charge in [0.25, 0.3) is 0 Å². The van der Waals surface area contributed by atoms with Gasteiger partial charge in [0.1, 0.15) is 0 Å². The van der Waals surface area contributed by atoms with Crippen molar-refractivity contribution in [2.24, 2.45) is 0 Å². The molecule has 0 N–H and O–H groups in total. The van der Waals surface area contributed by atoms with E-state index < -0.39 is 0 Å². The van der Waals surface area contributed by atoms with E-state index in [0.29, 0.717) is 0 Å². The maximum absolute atomic E-state index is 5.13. The molecular weight excluding hydrogens is 635 g/mol. The van der Waals surface area contributed by atoms with Crippen LogP contribution in [0.1, 0.15) is 0 Å². The van der Waals surface area contributed by atoms with Crippen LogP contribution in [0.15, 0.2) is 176 Å². The molecule has 0 saturated carbocycles. The second kappa shape index (κ2) is 12.3. The van der Waals surface area contributed by atoms with Gasteiger partial charge in [0.2, 0.25) is 0 Å². The van der Waals surface area contributed by atoms with Gasteiger partial charge >= 0.3 is 0 Å². The minimum absolute atomic E-state index is 0.866. The quantitative estimate of drug-likeness (QED) is 0.171. The van der Waals surface area contributed by atoms with Crippen LogP contribution >= 0.6 is 0 Å². The molecule has 0 unspecified atom stereocenters. The van der Waals surface area contributed by atoms with Gasteiger partial charge in [0.15, 0.2) is 0 Å². The lowest BCUT2D eigenvalue weighted by Crippen LogP contribution is -1.91. The Morgan fingerprint density at radius 1 is 0.269 bits per heavy atom. The van der Waals surface area contributed by atoms with Crippen LogP contribution in [0.25, 0.3) is 99.9 Å². The number of fused-ring (bicyclic) bond motifs is 5. The highest BCUT2D eigenvalue weighted by atomic mass is 14.8. The first-order valence-corrected chi connectivity index (χ1v) is 17.3. The van der Waals surface area contributed by atoms with Crippen molar-refractivity contribution in [1.29, 1.82) is 0 Å². The van der Waals surface area contributed by atoms with Crippen LogP contribution in [-0.4, -0.2) is 24.9 Å². The van der Waals surface area contributed by atoms with Gasteiger partial charge in [0, 0.05) is 44.4 Å². The SMILES string of the molecule is c1ccc(-c2ccc3ccc4ccc(-c5ccc(-c6ccc7cc(-c8ccc9ccc(-c%10ccccn%10)nc9c8)ccc7n6)cc5)nc4c3n2)cc1. The third-order valence-corrected chi connectivity index (χ3v) is 9.71. The molecule has 5 nitrogen and oxygen atoms in total. The van der Waals surface area contributed by atoms with Crippen LogP contribution in [0.3, 0.4) is 0 Å². The number of benzene rings is 5. The molecule has 0 aliphatic rings. The van der Waals surface area contributed by atoms with Crippen molar-refractivity contribution in [3.05, 3.63) is 176 Å². The summed E-state index contributed by atoms with van der Waals surface area (Å²) in [4.78, 5) is 24.6. The normalized spacial score (nSPS) is 11.5. The second-order valence-electron chi connectivity index (χ2n) is 13.0. The first-order chi connectivity index (χ1) is 25.7. The summed E-state index contributed by atoms with van der Waals surface area (Å²) in [6, 6.07) is 58.6. The van der Waals surface area contributed by atoms with E-state index in [1.165, 1.54) is 0 Å². The van der Waals surface area contributed by atoms with Crippen LogP contribution in [0.2, 0.25) is 0 Å². The predicted molar refractivity (Wildman–Crippen MR) is 213 cm³/mol. The summed E-state index contributed by atoms with van der Waals surface area (Å²) in [5.74, 6) is 0. The molecule has 5 aromatic carbocycles. The summed E-state index contributed by atoms with van der Waals surface area (Å²) in [5, 5.41) is 4.33. The van der Waals surface area contributed by atoms with Gasteiger partial charge in [0.05, 0.1) is 50.5 Å². The number of pyridine rings is 5. The molecule has 0 bridgehead atoms. The molecule has 10 aromatic rings. The lowest BCUT2D eigenvalue weighted by atomic mass is 10.0. The Morgan fingerprint density at radius 2 is 0.769 bits per heavy atom. The fraction of sp³-hybridized carbons (Fsp3) is 0. The Labute approximate surface area is 300 Å². The smallest absolute Gasteiger partial charge is 0.0972 e. The zero-order valence-electron chi connectivity index (χ0n) is 28.0. The molecule has 0 amide bonds. The van der Waals surface area contributed by atoms with E-state index in [4.69, 9.17) is 19.9 Å². The van der Waals surface area contributed by atoms with Crippen molar-refractivity contribution >= 4 is 43.6 Å². The maximum atomic E-state index is 5.13. The Morgan fingerprint density at radius 3 is 1.46 bits per heavy atom. The molecule has 0 aliphatic heterocycles.